The van der Waals surface area contributed by atoms with Crippen molar-refractivity contribution in [1.82, 2.24) is 9.78 Å². The molecule has 2 N–H and O–H groups in total. The third-order valence-corrected chi connectivity index (χ3v) is 4.66. The molecule has 0 atom stereocenters. The lowest BCUT2D eigenvalue weighted by Gasteiger charge is -2.08. The number of aromatic nitrogens is 2. The number of anilines is 4. The molecule has 0 unspecified atom stereocenters. The molecule has 4 rings (SSSR count). The standard InChI is InChI=1S/C22H16Cl2N4O/c23-16-6-10-18(11-7-16)25-20-14-21(26-19-12-8-17(24)9-13-19)28(27-20)22(29)15-4-2-1-3-5-15/h1-14,26H,(H,25,27). The monoisotopic (exact) mass is 422 g/mol. The van der Waals surface area contributed by atoms with Crippen LogP contribution in [0.4, 0.5) is 23.0 Å². The smallest absolute Gasteiger partial charge is 0.280 e. The lowest BCUT2D eigenvalue weighted by atomic mass is 10.2. The largest absolute Gasteiger partial charge is 0.340 e. The summed E-state index contributed by atoms with van der Waals surface area (Å²) in [6.45, 7) is 0. The van der Waals surface area contributed by atoms with Crippen LogP contribution in [0.25, 0.3) is 0 Å². The number of hydrogen-bond donors (Lipinski definition) is 2. The van der Waals surface area contributed by atoms with Crippen molar-refractivity contribution in [2.75, 3.05) is 10.6 Å². The highest BCUT2D eigenvalue weighted by Gasteiger charge is 2.16. The molecule has 29 heavy (non-hydrogen) atoms. The maximum Gasteiger partial charge on any atom is 0.280 e. The van der Waals surface area contributed by atoms with Crippen LogP contribution in [0.2, 0.25) is 10.0 Å². The van der Waals surface area contributed by atoms with Crippen molar-refractivity contribution in [2.45, 2.75) is 0 Å². The summed E-state index contributed by atoms with van der Waals surface area (Å²) in [7, 11) is 0. The molecule has 0 fully saturated rings. The van der Waals surface area contributed by atoms with Crippen LogP contribution < -0.4 is 10.6 Å². The first-order valence-corrected chi connectivity index (χ1v) is 9.59. The van der Waals surface area contributed by atoms with Gasteiger partial charge in [-0.1, -0.05) is 41.4 Å². The molecular formula is C22H16Cl2N4O. The number of carbonyl (C=O) groups is 1. The van der Waals surface area contributed by atoms with Gasteiger partial charge in [0.15, 0.2) is 5.82 Å². The van der Waals surface area contributed by atoms with Gasteiger partial charge in [-0.05, 0) is 60.7 Å². The number of halogens is 2. The lowest BCUT2D eigenvalue weighted by Crippen LogP contribution is -2.16. The summed E-state index contributed by atoms with van der Waals surface area (Å²) in [6, 6.07) is 25.2. The molecule has 144 valence electrons. The highest BCUT2D eigenvalue weighted by molar-refractivity contribution is 6.30. The fourth-order valence-corrected chi connectivity index (χ4v) is 3.00. The van der Waals surface area contributed by atoms with E-state index >= 15 is 0 Å². The third-order valence-electron chi connectivity index (χ3n) is 4.16. The van der Waals surface area contributed by atoms with E-state index < -0.39 is 0 Å². The van der Waals surface area contributed by atoms with Gasteiger partial charge in [0, 0.05) is 33.0 Å². The number of carbonyl (C=O) groups excluding carboxylic acids is 1. The molecular weight excluding hydrogens is 407 g/mol. The number of benzene rings is 3. The van der Waals surface area contributed by atoms with Gasteiger partial charge in [-0.3, -0.25) is 4.79 Å². The Morgan fingerprint density at radius 3 is 1.90 bits per heavy atom. The van der Waals surface area contributed by atoms with Gasteiger partial charge >= 0.3 is 0 Å². The summed E-state index contributed by atoms with van der Waals surface area (Å²) in [5.74, 6) is 0.803. The van der Waals surface area contributed by atoms with E-state index in [2.05, 4.69) is 15.7 Å². The number of nitrogens with one attached hydrogen (secondary N) is 2. The predicted octanol–water partition coefficient (Wildman–Crippen LogP) is 6.37. The predicted molar refractivity (Wildman–Crippen MR) is 118 cm³/mol. The van der Waals surface area contributed by atoms with Crippen molar-refractivity contribution in [3.8, 4) is 0 Å². The van der Waals surface area contributed by atoms with Crippen LogP contribution in [0, 0.1) is 0 Å². The van der Waals surface area contributed by atoms with E-state index in [1.165, 1.54) is 4.68 Å². The highest BCUT2D eigenvalue weighted by Crippen LogP contribution is 2.25. The Labute approximate surface area is 177 Å². The van der Waals surface area contributed by atoms with Crippen LogP contribution in [-0.2, 0) is 0 Å². The van der Waals surface area contributed by atoms with E-state index in [0.29, 0.717) is 27.2 Å². The van der Waals surface area contributed by atoms with Gasteiger partial charge in [0.05, 0.1) is 0 Å². The first-order chi connectivity index (χ1) is 14.1. The molecule has 1 heterocycles. The Bertz CT molecular complexity index is 1120. The molecule has 0 aliphatic heterocycles. The Kier molecular flexibility index (Phi) is 5.51. The maximum absolute atomic E-state index is 13.0. The van der Waals surface area contributed by atoms with Crippen LogP contribution in [0.1, 0.15) is 10.4 Å². The minimum absolute atomic E-state index is 0.244. The first kappa shape index (κ1) is 19.1. The van der Waals surface area contributed by atoms with Crippen molar-refractivity contribution < 1.29 is 4.79 Å². The normalized spacial score (nSPS) is 10.6. The zero-order valence-electron chi connectivity index (χ0n) is 15.1. The van der Waals surface area contributed by atoms with E-state index in [9.17, 15) is 4.79 Å². The molecule has 0 aliphatic rings. The maximum atomic E-state index is 13.0. The molecule has 0 radical (unpaired) electrons. The number of nitrogens with zero attached hydrogens (tertiary/aromatic N) is 2. The fourth-order valence-electron chi connectivity index (χ4n) is 2.75. The SMILES string of the molecule is O=C(c1ccccc1)n1nc(Nc2ccc(Cl)cc2)cc1Nc1ccc(Cl)cc1. The third kappa shape index (κ3) is 4.59. The molecule has 4 aromatic rings. The molecule has 0 bridgehead atoms. The molecule has 3 aromatic carbocycles. The van der Waals surface area contributed by atoms with Gasteiger partial charge in [0.1, 0.15) is 5.82 Å². The van der Waals surface area contributed by atoms with Crippen molar-refractivity contribution in [3.05, 3.63) is 101 Å². The van der Waals surface area contributed by atoms with Crippen LogP contribution in [0.3, 0.4) is 0 Å². The van der Waals surface area contributed by atoms with E-state index in [1.807, 2.05) is 42.5 Å². The Morgan fingerprint density at radius 1 is 0.759 bits per heavy atom. The molecule has 5 nitrogen and oxygen atoms in total. The van der Waals surface area contributed by atoms with Crippen molar-refractivity contribution in [3.63, 3.8) is 0 Å². The van der Waals surface area contributed by atoms with Crippen LogP contribution in [0.15, 0.2) is 84.9 Å². The van der Waals surface area contributed by atoms with Crippen molar-refractivity contribution in [2.24, 2.45) is 0 Å². The van der Waals surface area contributed by atoms with E-state index in [4.69, 9.17) is 23.2 Å². The molecule has 1 aromatic heterocycles. The summed E-state index contributed by atoms with van der Waals surface area (Å²) in [5.41, 5.74) is 2.13. The number of rotatable bonds is 5. The van der Waals surface area contributed by atoms with Crippen LogP contribution in [0.5, 0.6) is 0 Å². The Hall–Kier alpha value is -3.28. The summed E-state index contributed by atoms with van der Waals surface area (Å²) >= 11 is 11.9. The van der Waals surface area contributed by atoms with Crippen molar-refractivity contribution in [1.29, 1.82) is 0 Å². The van der Waals surface area contributed by atoms with E-state index in [-0.39, 0.29) is 5.91 Å². The van der Waals surface area contributed by atoms with Gasteiger partial charge in [0.2, 0.25) is 0 Å². The second-order valence-electron chi connectivity index (χ2n) is 6.26. The quantitative estimate of drug-likeness (QED) is 0.392. The van der Waals surface area contributed by atoms with E-state index in [1.54, 1.807) is 42.5 Å². The lowest BCUT2D eigenvalue weighted by molar-refractivity contribution is 0.0948. The molecule has 0 saturated carbocycles. The summed E-state index contributed by atoms with van der Waals surface area (Å²) < 4.78 is 1.34. The van der Waals surface area contributed by atoms with Gasteiger partial charge in [-0.25, -0.2) is 0 Å². The summed E-state index contributed by atoms with van der Waals surface area (Å²) in [6.07, 6.45) is 0. The molecule has 7 heteroatoms. The van der Waals surface area contributed by atoms with Crippen LogP contribution >= 0.6 is 23.2 Å². The second kappa shape index (κ2) is 8.39. The molecule has 0 spiro atoms. The summed E-state index contributed by atoms with van der Waals surface area (Å²) in [5, 5.41) is 12.1. The highest BCUT2D eigenvalue weighted by atomic mass is 35.5. The number of hydrogen-bond acceptors (Lipinski definition) is 4. The van der Waals surface area contributed by atoms with Gasteiger partial charge in [-0.2, -0.15) is 4.68 Å². The van der Waals surface area contributed by atoms with Gasteiger partial charge < -0.3 is 10.6 Å². The Morgan fingerprint density at radius 2 is 1.31 bits per heavy atom. The average Bonchev–Trinajstić information content (AvgIpc) is 3.13. The van der Waals surface area contributed by atoms with Crippen molar-refractivity contribution >= 4 is 52.1 Å². The minimum atomic E-state index is -0.244. The Balaban J connectivity index is 1.68. The fraction of sp³-hybridized carbons (Fsp3) is 0. The van der Waals surface area contributed by atoms with Gasteiger partial charge in [-0.15, -0.1) is 5.10 Å². The van der Waals surface area contributed by atoms with E-state index in [0.717, 1.165) is 11.4 Å². The van der Waals surface area contributed by atoms with Crippen LogP contribution in [-0.4, -0.2) is 15.7 Å². The topological polar surface area (TPSA) is 59.0 Å². The van der Waals surface area contributed by atoms with Gasteiger partial charge in [0.25, 0.3) is 5.91 Å². The summed E-state index contributed by atoms with van der Waals surface area (Å²) in [4.78, 5) is 13.0. The molecule has 0 amide bonds. The minimum Gasteiger partial charge on any atom is -0.340 e. The zero-order chi connectivity index (χ0) is 20.2. The molecule has 0 saturated heterocycles. The molecule has 0 aliphatic carbocycles. The zero-order valence-corrected chi connectivity index (χ0v) is 16.7. The second-order valence-corrected chi connectivity index (χ2v) is 7.13. The first-order valence-electron chi connectivity index (χ1n) is 8.83. The average molecular weight is 423 g/mol.